The molecule has 2 rings (SSSR count). The van der Waals surface area contributed by atoms with E-state index >= 15 is 0 Å². The standard InChI is InChI=1S/C18H35N/c1-16(2,3)9-10-18(13-19-17(4,5)6)12-14-7-8-15(18)11-14/h14-15,19H,7-13H2,1-6H3. The van der Waals surface area contributed by atoms with Gasteiger partial charge in [-0.15, -0.1) is 0 Å². The van der Waals surface area contributed by atoms with Gasteiger partial charge in [-0.1, -0.05) is 27.2 Å². The van der Waals surface area contributed by atoms with Gasteiger partial charge in [0, 0.05) is 12.1 Å². The van der Waals surface area contributed by atoms with E-state index in [1.807, 2.05) is 0 Å². The largest absolute Gasteiger partial charge is 0.312 e. The van der Waals surface area contributed by atoms with Crippen molar-refractivity contribution in [3.8, 4) is 0 Å². The van der Waals surface area contributed by atoms with E-state index in [1.54, 1.807) is 0 Å². The monoisotopic (exact) mass is 265 g/mol. The lowest BCUT2D eigenvalue weighted by Crippen LogP contribution is -2.46. The van der Waals surface area contributed by atoms with E-state index in [-0.39, 0.29) is 5.54 Å². The molecule has 2 bridgehead atoms. The second-order valence-corrected chi connectivity index (χ2v) is 9.61. The maximum Gasteiger partial charge on any atom is 0.00967 e. The minimum Gasteiger partial charge on any atom is -0.312 e. The molecule has 1 nitrogen and oxygen atoms in total. The molecule has 112 valence electrons. The Morgan fingerprint density at radius 2 is 1.74 bits per heavy atom. The summed E-state index contributed by atoms with van der Waals surface area (Å²) in [5.41, 5.74) is 1.36. The van der Waals surface area contributed by atoms with Crippen LogP contribution in [-0.4, -0.2) is 12.1 Å². The molecule has 1 N–H and O–H groups in total. The minimum absolute atomic E-state index is 0.260. The molecular weight excluding hydrogens is 230 g/mol. The Hall–Kier alpha value is -0.0400. The summed E-state index contributed by atoms with van der Waals surface area (Å²) in [4.78, 5) is 0. The van der Waals surface area contributed by atoms with Crippen molar-refractivity contribution in [3.05, 3.63) is 0 Å². The summed E-state index contributed by atoms with van der Waals surface area (Å²) in [5, 5.41) is 3.83. The van der Waals surface area contributed by atoms with Gasteiger partial charge in [0.2, 0.25) is 0 Å². The smallest absolute Gasteiger partial charge is 0.00967 e. The average Bonchev–Trinajstić information content (AvgIpc) is 2.82. The second-order valence-electron chi connectivity index (χ2n) is 9.61. The zero-order valence-corrected chi connectivity index (χ0v) is 14.1. The molecule has 2 fully saturated rings. The van der Waals surface area contributed by atoms with Crippen LogP contribution in [0.4, 0.5) is 0 Å². The average molecular weight is 265 g/mol. The Morgan fingerprint density at radius 3 is 2.16 bits per heavy atom. The highest BCUT2D eigenvalue weighted by atomic mass is 15.0. The molecule has 2 aliphatic carbocycles. The van der Waals surface area contributed by atoms with Gasteiger partial charge >= 0.3 is 0 Å². The highest BCUT2D eigenvalue weighted by Crippen LogP contribution is 2.58. The molecule has 1 heteroatoms. The van der Waals surface area contributed by atoms with Gasteiger partial charge in [0.1, 0.15) is 0 Å². The summed E-state index contributed by atoms with van der Waals surface area (Å²) in [6.45, 7) is 15.3. The summed E-state index contributed by atoms with van der Waals surface area (Å²) in [7, 11) is 0. The van der Waals surface area contributed by atoms with Crippen LogP contribution in [-0.2, 0) is 0 Å². The van der Waals surface area contributed by atoms with Gasteiger partial charge in [-0.25, -0.2) is 0 Å². The van der Waals surface area contributed by atoms with Crippen molar-refractivity contribution < 1.29 is 0 Å². The lowest BCUT2D eigenvalue weighted by Gasteiger charge is -2.42. The quantitative estimate of drug-likeness (QED) is 0.753. The minimum atomic E-state index is 0.260. The first-order valence-electron chi connectivity index (χ1n) is 8.35. The van der Waals surface area contributed by atoms with Gasteiger partial charge in [-0.05, 0) is 75.5 Å². The second kappa shape index (κ2) is 5.06. The van der Waals surface area contributed by atoms with Gasteiger partial charge < -0.3 is 5.32 Å². The summed E-state index contributed by atoms with van der Waals surface area (Å²) in [6, 6.07) is 0. The lowest BCUT2D eigenvalue weighted by atomic mass is 9.67. The molecule has 0 spiro atoms. The maximum atomic E-state index is 3.83. The number of rotatable bonds is 4. The highest BCUT2D eigenvalue weighted by Gasteiger charge is 2.50. The van der Waals surface area contributed by atoms with E-state index in [9.17, 15) is 0 Å². The van der Waals surface area contributed by atoms with Crippen molar-refractivity contribution in [2.24, 2.45) is 22.7 Å². The number of nitrogens with one attached hydrogen (secondary N) is 1. The van der Waals surface area contributed by atoms with Crippen LogP contribution < -0.4 is 5.32 Å². The van der Waals surface area contributed by atoms with Gasteiger partial charge in [-0.2, -0.15) is 0 Å². The van der Waals surface area contributed by atoms with E-state index in [4.69, 9.17) is 0 Å². The third-order valence-corrected chi connectivity index (χ3v) is 5.45. The van der Waals surface area contributed by atoms with E-state index in [0.717, 1.165) is 11.8 Å². The van der Waals surface area contributed by atoms with E-state index < -0.39 is 0 Å². The lowest BCUT2D eigenvalue weighted by molar-refractivity contribution is 0.111. The maximum absolute atomic E-state index is 3.83. The van der Waals surface area contributed by atoms with Crippen LogP contribution in [0, 0.1) is 22.7 Å². The zero-order chi connectivity index (χ0) is 14.3. The van der Waals surface area contributed by atoms with Gasteiger partial charge in [-0.3, -0.25) is 0 Å². The number of hydrogen-bond acceptors (Lipinski definition) is 1. The van der Waals surface area contributed by atoms with Crippen LogP contribution in [0.25, 0.3) is 0 Å². The van der Waals surface area contributed by atoms with Crippen LogP contribution in [0.15, 0.2) is 0 Å². The number of hydrogen-bond donors (Lipinski definition) is 1. The third kappa shape index (κ3) is 3.97. The Bertz CT molecular complexity index is 287. The van der Waals surface area contributed by atoms with Crippen molar-refractivity contribution in [2.45, 2.75) is 85.6 Å². The normalized spacial score (nSPS) is 35.1. The summed E-state index contributed by atoms with van der Waals surface area (Å²) < 4.78 is 0. The highest BCUT2D eigenvalue weighted by molar-refractivity contribution is 5.02. The first kappa shape index (κ1) is 15.4. The molecule has 0 aromatic heterocycles. The SMILES string of the molecule is CC(C)(C)CCC1(CNC(C)(C)C)CC2CCC1C2. The molecule has 3 unspecified atom stereocenters. The van der Waals surface area contributed by atoms with Crippen molar-refractivity contribution >= 4 is 0 Å². The number of fused-ring (bicyclic) bond motifs is 2. The van der Waals surface area contributed by atoms with Gasteiger partial charge in [0.15, 0.2) is 0 Å². The van der Waals surface area contributed by atoms with Crippen molar-refractivity contribution in [3.63, 3.8) is 0 Å². The van der Waals surface area contributed by atoms with E-state index in [0.29, 0.717) is 10.8 Å². The Balaban J connectivity index is 2.02. The molecule has 0 amide bonds. The molecule has 0 aliphatic heterocycles. The first-order chi connectivity index (χ1) is 8.60. The molecule has 0 aromatic rings. The molecule has 19 heavy (non-hydrogen) atoms. The summed E-state index contributed by atoms with van der Waals surface area (Å²) >= 11 is 0. The fourth-order valence-electron chi connectivity index (χ4n) is 4.23. The Kier molecular flexibility index (Phi) is 4.09. The summed E-state index contributed by atoms with van der Waals surface area (Å²) in [6.07, 6.45) is 8.84. The third-order valence-electron chi connectivity index (χ3n) is 5.45. The van der Waals surface area contributed by atoms with Crippen molar-refractivity contribution in [1.29, 1.82) is 0 Å². The first-order valence-corrected chi connectivity index (χ1v) is 8.35. The van der Waals surface area contributed by atoms with Gasteiger partial charge in [0.05, 0.1) is 0 Å². The molecule has 2 aliphatic rings. The van der Waals surface area contributed by atoms with Crippen LogP contribution in [0.1, 0.15) is 80.1 Å². The molecule has 0 aromatic carbocycles. The van der Waals surface area contributed by atoms with E-state index in [2.05, 4.69) is 46.9 Å². The Labute approximate surface area is 120 Å². The van der Waals surface area contributed by atoms with Crippen molar-refractivity contribution in [1.82, 2.24) is 5.32 Å². The van der Waals surface area contributed by atoms with Gasteiger partial charge in [0.25, 0.3) is 0 Å². The summed E-state index contributed by atoms with van der Waals surface area (Å²) in [5.74, 6) is 2.06. The van der Waals surface area contributed by atoms with E-state index in [1.165, 1.54) is 45.1 Å². The zero-order valence-electron chi connectivity index (χ0n) is 14.1. The van der Waals surface area contributed by atoms with Crippen LogP contribution in [0.2, 0.25) is 0 Å². The topological polar surface area (TPSA) is 12.0 Å². The predicted molar refractivity (Wildman–Crippen MR) is 84.3 cm³/mol. The molecule has 2 saturated carbocycles. The Morgan fingerprint density at radius 1 is 1.05 bits per heavy atom. The molecular formula is C18H35N. The molecule has 3 atom stereocenters. The van der Waals surface area contributed by atoms with Crippen LogP contribution >= 0.6 is 0 Å². The predicted octanol–water partition coefficient (Wildman–Crippen LogP) is 5.01. The molecule has 0 radical (unpaired) electrons. The fourth-order valence-corrected chi connectivity index (χ4v) is 4.23. The molecule has 0 heterocycles. The van der Waals surface area contributed by atoms with Crippen LogP contribution in [0.3, 0.4) is 0 Å². The van der Waals surface area contributed by atoms with Crippen molar-refractivity contribution in [2.75, 3.05) is 6.54 Å². The van der Waals surface area contributed by atoms with Crippen LogP contribution in [0.5, 0.6) is 0 Å². The molecule has 0 saturated heterocycles. The fraction of sp³-hybridized carbons (Fsp3) is 1.00.